The number of phenols is 1. The third kappa shape index (κ3) is 4.65. The number of amides is 1. The van der Waals surface area contributed by atoms with Crippen molar-refractivity contribution in [2.45, 2.75) is 0 Å². The van der Waals surface area contributed by atoms with Gasteiger partial charge in [-0.1, -0.05) is 12.1 Å². The lowest BCUT2D eigenvalue weighted by Gasteiger charge is -2.10. The van der Waals surface area contributed by atoms with Crippen LogP contribution in [0.4, 0.5) is 11.4 Å². The zero-order valence-electron chi connectivity index (χ0n) is 17.8. The maximum Gasteiger partial charge on any atom is 0.269 e. The second-order valence-corrected chi connectivity index (χ2v) is 7.16. The molecule has 2 N–H and O–H groups in total. The third-order valence-corrected chi connectivity index (χ3v) is 4.96. The molecule has 4 rings (SSSR count). The second kappa shape index (κ2) is 9.33. The summed E-state index contributed by atoms with van der Waals surface area (Å²) in [7, 11) is 1.54. The van der Waals surface area contributed by atoms with Crippen molar-refractivity contribution < 1.29 is 28.7 Å². The SMILES string of the molecule is COc1ccc(-c2coc3cc(OCC(=O)Nc4ccc([N+](=O)[O-])cc4)cc(O)c3c2=O)cc1. The number of nitrogens with one attached hydrogen (secondary N) is 1. The lowest BCUT2D eigenvalue weighted by atomic mass is 10.0. The molecule has 10 nitrogen and oxygen atoms in total. The van der Waals surface area contributed by atoms with Crippen molar-refractivity contribution >= 4 is 28.3 Å². The van der Waals surface area contributed by atoms with Crippen LogP contribution in [-0.4, -0.2) is 29.7 Å². The van der Waals surface area contributed by atoms with Gasteiger partial charge in [-0.15, -0.1) is 0 Å². The normalized spacial score (nSPS) is 10.6. The Kier molecular flexibility index (Phi) is 6.13. The van der Waals surface area contributed by atoms with Crippen LogP contribution in [0, 0.1) is 10.1 Å². The molecule has 4 aromatic rings. The summed E-state index contributed by atoms with van der Waals surface area (Å²) in [6.07, 6.45) is 1.29. The van der Waals surface area contributed by atoms with E-state index in [1.807, 2.05) is 0 Å². The smallest absolute Gasteiger partial charge is 0.269 e. The van der Waals surface area contributed by atoms with E-state index in [4.69, 9.17) is 13.9 Å². The van der Waals surface area contributed by atoms with Crippen LogP contribution in [0.15, 0.2) is 76.1 Å². The van der Waals surface area contributed by atoms with E-state index >= 15 is 0 Å². The number of methoxy groups -OCH3 is 1. The number of phenolic OH excluding ortho intramolecular Hbond substituents is 1. The molecule has 0 bridgehead atoms. The van der Waals surface area contributed by atoms with Crippen LogP contribution in [0.3, 0.4) is 0 Å². The molecule has 172 valence electrons. The van der Waals surface area contributed by atoms with E-state index in [2.05, 4.69) is 5.32 Å². The van der Waals surface area contributed by atoms with Crippen molar-refractivity contribution in [2.24, 2.45) is 0 Å². The van der Waals surface area contributed by atoms with E-state index < -0.39 is 22.9 Å². The predicted molar refractivity (Wildman–Crippen MR) is 123 cm³/mol. The summed E-state index contributed by atoms with van der Waals surface area (Å²) in [6, 6.07) is 14.8. The number of hydrogen-bond donors (Lipinski definition) is 2. The fourth-order valence-corrected chi connectivity index (χ4v) is 3.27. The van der Waals surface area contributed by atoms with E-state index in [0.717, 1.165) is 0 Å². The molecule has 1 heterocycles. The number of hydrogen-bond acceptors (Lipinski definition) is 8. The van der Waals surface area contributed by atoms with E-state index in [1.54, 1.807) is 24.3 Å². The van der Waals surface area contributed by atoms with Crippen LogP contribution in [0.5, 0.6) is 17.2 Å². The minimum Gasteiger partial charge on any atom is -0.507 e. The minimum atomic E-state index is -0.542. The Morgan fingerprint density at radius 3 is 2.44 bits per heavy atom. The van der Waals surface area contributed by atoms with Gasteiger partial charge >= 0.3 is 0 Å². The molecule has 1 aromatic heterocycles. The fourth-order valence-electron chi connectivity index (χ4n) is 3.27. The van der Waals surface area contributed by atoms with Gasteiger partial charge in [0.1, 0.15) is 34.5 Å². The molecule has 0 spiro atoms. The average molecular weight is 462 g/mol. The van der Waals surface area contributed by atoms with Crippen molar-refractivity contribution in [3.8, 4) is 28.4 Å². The van der Waals surface area contributed by atoms with E-state index in [0.29, 0.717) is 17.0 Å². The zero-order valence-corrected chi connectivity index (χ0v) is 17.8. The van der Waals surface area contributed by atoms with Crippen molar-refractivity contribution in [1.29, 1.82) is 0 Å². The van der Waals surface area contributed by atoms with E-state index in [9.17, 15) is 24.8 Å². The molecule has 0 saturated heterocycles. The molecule has 0 unspecified atom stereocenters. The van der Waals surface area contributed by atoms with Gasteiger partial charge in [0, 0.05) is 30.0 Å². The lowest BCUT2D eigenvalue weighted by Crippen LogP contribution is -2.20. The molecular weight excluding hydrogens is 444 g/mol. The number of rotatable bonds is 7. The van der Waals surface area contributed by atoms with Crippen LogP contribution in [0.2, 0.25) is 0 Å². The van der Waals surface area contributed by atoms with Crippen LogP contribution in [-0.2, 0) is 4.79 Å². The summed E-state index contributed by atoms with van der Waals surface area (Å²) in [4.78, 5) is 35.2. The summed E-state index contributed by atoms with van der Waals surface area (Å²) in [5.74, 6) is -0.127. The minimum absolute atomic E-state index is 0.0176. The Balaban J connectivity index is 1.50. The average Bonchev–Trinajstić information content (AvgIpc) is 2.83. The second-order valence-electron chi connectivity index (χ2n) is 7.16. The number of nitrogens with zero attached hydrogens (tertiary/aromatic N) is 1. The number of carbonyl (C=O) groups is 1. The first kappa shape index (κ1) is 22.3. The number of nitro groups is 1. The van der Waals surface area contributed by atoms with Crippen molar-refractivity contribution in [2.75, 3.05) is 19.0 Å². The van der Waals surface area contributed by atoms with Crippen LogP contribution in [0.1, 0.15) is 0 Å². The third-order valence-electron chi connectivity index (χ3n) is 4.96. The zero-order chi connectivity index (χ0) is 24.2. The summed E-state index contributed by atoms with van der Waals surface area (Å²) in [5.41, 5.74) is 0.787. The predicted octanol–water partition coefficient (Wildman–Crippen LogP) is 4.10. The van der Waals surface area contributed by atoms with Gasteiger partial charge < -0.3 is 24.3 Å². The Labute approximate surface area is 192 Å². The van der Waals surface area contributed by atoms with Gasteiger partial charge in [0.15, 0.2) is 6.61 Å². The van der Waals surface area contributed by atoms with Gasteiger partial charge in [0.2, 0.25) is 5.43 Å². The highest BCUT2D eigenvalue weighted by atomic mass is 16.6. The number of fused-ring (bicyclic) bond motifs is 1. The Morgan fingerprint density at radius 1 is 1.09 bits per heavy atom. The topological polar surface area (TPSA) is 141 Å². The Bertz CT molecular complexity index is 1430. The summed E-state index contributed by atoms with van der Waals surface area (Å²) in [6.45, 7) is -0.407. The first-order chi connectivity index (χ1) is 16.4. The number of non-ortho nitro benzene ring substituents is 1. The molecule has 0 radical (unpaired) electrons. The molecule has 10 heteroatoms. The Morgan fingerprint density at radius 2 is 1.79 bits per heavy atom. The van der Waals surface area contributed by atoms with Crippen molar-refractivity contribution in [1.82, 2.24) is 0 Å². The molecule has 0 aliphatic heterocycles. The monoisotopic (exact) mass is 462 g/mol. The number of aromatic hydroxyl groups is 1. The van der Waals surface area contributed by atoms with Gasteiger partial charge in [-0.05, 0) is 29.8 Å². The molecule has 0 fully saturated rings. The molecule has 0 atom stereocenters. The number of benzene rings is 3. The quantitative estimate of drug-likeness (QED) is 0.309. The maximum atomic E-state index is 13.0. The standard InChI is InChI=1S/C24H18N2O8/c1-32-17-8-2-14(3-9-17)19-12-34-21-11-18(10-20(27)23(21)24(19)29)33-13-22(28)25-15-4-6-16(7-5-15)26(30)31/h2-12,27H,13H2,1H3,(H,25,28). The molecule has 0 saturated carbocycles. The molecule has 0 aliphatic carbocycles. The number of ether oxygens (including phenoxy) is 2. The van der Waals surface area contributed by atoms with Crippen molar-refractivity contribution in [3.63, 3.8) is 0 Å². The van der Waals surface area contributed by atoms with Gasteiger partial charge in [-0.25, -0.2) is 0 Å². The highest BCUT2D eigenvalue weighted by molar-refractivity contribution is 5.92. The number of anilines is 1. The van der Waals surface area contributed by atoms with E-state index in [-0.39, 0.29) is 33.7 Å². The van der Waals surface area contributed by atoms with E-state index in [1.165, 1.54) is 49.8 Å². The molecule has 3 aromatic carbocycles. The first-order valence-corrected chi connectivity index (χ1v) is 9.96. The fraction of sp³-hybridized carbons (Fsp3) is 0.0833. The van der Waals surface area contributed by atoms with Crippen molar-refractivity contribution in [3.05, 3.63) is 87.3 Å². The highest BCUT2D eigenvalue weighted by Crippen LogP contribution is 2.30. The molecular formula is C24H18N2O8. The largest absolute Gasteiger partial charge is 0.507 e. The molecule has 34 heavy (non-hydrogen) atoms. The molecule has 0 aliphatic rings. The van der Waals surface area contributed by atoms with Crippen LogP contribution in [0.25, 0.3) is 22.1 Å². The van der Waals surface area contributed by atoms with Gasteiger partial charge in [-0.2, -0.15) is 0 Å². The van der Waals surface area contributed by atoms with Gasteiger partial charge in [0.25, 0.3) is 11.6 Å². The van der Waals surface area contributed by atoms with Crippen LogP contribution < -0.4 is 20.2 Å². The van der Waals surface area contributed by atoms with Crippen LogP contribution >= 0.6 is 0 Å². The highest BCUT2D eigenvalue weighted by Gasteiger charge is 2.15. The van der Waals surface area contributed by atoms with Gasteiger partial charge in [0.05, 0.1) is 17.6 Å². The van der Waals surface area contributed by atoms with Gasteiger partial charge in [-0.3, -0.25) is 19.7 Å². The Hall–Kier alpha value is -4.86. The number of carbonyl (C=O) groups excluding carboxylic acids is 1. The maximum absolute atomic E-state index is 13.0. The first-order valence-electron chi connectivity index (χ1n) is 9.96. The number of nitro benzene ring substituents is 1. The summed E-state index contributed by atoms with van der Waals surface area (Å²) < 4.78 is 16.1. The summed E-state index contributed by atoms with van der Waals surface area (Å²) in [5, 5.41) is 23.7. The lowest BCUT2D eigenvalue weighted by molar-refractivity contribution is -0.384. The summed E-state index contributed by atoms with van der Waals surface area (Å²) >= 11 is 0. The molecule has 1 amide bonds.